The third kappa shape index (κ3) is 6.46. The zero-order valence-corrected chi connectivity index (χ0v) is 15.3. The first-order chi connectivity index (χ1) is 11.3. The molecule has 0 saturated carbocycles. The van der Waals surface area contributed by atoms with Gasteiger partial charge in [-0.15, -0.1) is 0 Å². The molecule has 0 radical (unpaired) electrons. The molecule has 0 aliphatic rings. The highest BCUT2D eigenvalue weighted by Crippen LogP contribution is 2.17. The third-order valence-corrected chi connectivity index (χ3v) is 4.85. The van der Waals surface area contributed by atoms with Crippen molar-refractivity contribution in [2.45, 2.75) is 25.6 Å². The highest BCUT2D eigenvalue weighted by Gasteiger charge is 2.18. The molecule has 24 heavy (non-hydrogen) atoms. The molecule has 8 heteroatoms. The summed E-state index contributed by atoms with van der Waals surface area (Å²) in [6.07, 6.45) is 0. The first-order valence-electron chi connectivity index (χ1n) is 7.58. The summed E-state index contributed by atoms with van der Waals surface area (Å²) in [4.78, 5) is 13.6. The van der Waals surface area contributed by atoms with Crippen LogP contribution in [0.1, 0.15) is 19.4 Å². The van der Waals surface area contributed by atoms with Gasteiger partial charge in [-0.2, -0.15) is 8.42 Å². The van der Waals surface area contributed by atoms with Crippen molar-refractivity contribution in [3.8, 4) is 5.75 Å². The molecular formula is C16H25NO6S. The molecule has 0 aliphatic carbocycles. The highest BCUT2D eigenvalue weighted by atomic mass is 32.2. The number of amides is 1. The topological polar surface area (TPSA) is 82.1 Å². The molecule has 0 aromatic heterocycles. The number of hydrogen-bond acceptors (Lipinski definition) is 6. The van der Waals surface area contributed by atoms with Crippen LogP contribution in [-0.2, 0) is 30.9 Å². The van der Waals surface area contributed by atoms with Crippen molar-refractivity contribution >= 4 is 16.0 Å². The molecule has 0 atom stereocenters. The summed E-state index contributed by atoms with van der Waals surface area (Å²) in [7, 11) is -0.582. The van der Waals surface area contributed by atoms with Gasteiger partial charge in [-0.1, -0.05) is 12.1 Å². The maximum atomic E-state index is 12.0. The highest BCUT2D eigenvalue weighted by molar-refractivity contribution is 7.87. The van der Waals surface area contributed by atoms with E-state index in [0.29, 0.717) is 19.7 Å². The lowest BCUT2D eigenvalue weighted by Gasteiger charge is -2.22. The van der Waals surface area contributed by atoms with E-state index in [1.807, 2.05) is 0 Å². The Morgan fingerprint density at radius 2 is 1.75 bits per heavy atom. The Morgan fingerprint density at radius 1 is 1.12 bits per heavy atom. The summed E-state index contributed by atoms with van der Waals surface area (Å²) in [5.74, 6) is 0.108. The second-order valence-corrected chi connectivity index (χ2v) is 7.61. The molecule has 1 rings (SSSR count). The summed E-state index contributed by atoms with van der Waals surface area (Å²) < 4.78 is 38.4. The Kier molecular flexibility index (Phi) is 8.17. The Balaban J connectivity index is 2.77. The van der Waals surface area contributed by atoms with Crippen LogP contribution in [0.5, 0.6) is 5.75 Å². The number of methoxy groups -OCH3 is 2. The quantitative estimate of drug-likeness (QED) is 0.588. The van der Waals surface area contributed by atoms with E-state index in [1.54, 1.807) is 50.1 Å². The van der Waals surface area contributed by atoms with Gasteiger partial charge in [-0.05, 0) is 31.5 Å². The van der Waals surface area contributed by atoms with Gasteiger partial charge in [0.2, 0.25) is 5.91 Å². The van der Waals surface area contributed by atoms with E-state index in [9.17, 15) is 13.2 Å². The van der Waals surface area contributed by atoms with E-state index in [1.165, 1.54) is 7.11 Å². The van der Waals surface area contributed by atoms with Gasteiger partial charge in [0.15, 0.2) is 0 Å². The molecule has 1 amide bonds. The first kappa shape index (κ1) is 20.4. The van der Waals surface area contributed by atoms with E-state index in [2.05, 4.69) is 0 Å². The van der Waals surface area contributed by atoms with Crippen molar-refractivity contribution in [3.05, 3.63) is 29.8 Å². The predicted octanol–water partition coefficient (Wildman–Crippen LogP) is 1.43. The van der Waals surface area contributed by atoms with Gasteiger partial charge in [-0.25, -0.2) is 0 Å². The molecule has 136 valence electrons. The fourth-order valence-corrected chi connectivity index (χ4v) is 2.38. The van der Waals surface area contributed by atoms with Crippen molar-refractivity contribution in [1.82, 2.24) is 4.90 Å². The zero-order valence-electron chi connectivity index (χ0n) is 14.5. The number of hydrogen-bond donors (Lipinski definition) is 0. The molecule has 0 bridgehead atoms. The molecular weight excluding hydrogens is 334 g/mol. The van der Waals surface area contributed by atoms with E-state index in [-0.39, 0.29) is 18.3 Å². The van der Waals surface area contributed by atoms with Gasteiger partial charge in [0.05, 0.1) is 11.9 Å². The van der Waals surface area contributed by atoms with Crippen molar-refractivity contribution in [1.29, 1.82) is 0 Å². The maximum absolute atomic E-state index is 12.0. The van der Waals surface area contributed by atoms with Crippen LogP contribution in [0.25, 0.3) is 0 Å². The third-order valence-electron chi connectivity index (χ3n) is 3.27. The SMILES string of the molecule is COCCN(Cc1ccc(OS(=O)(=O)C(C)C)cc1)C(=O)COC. The lowest BCUT2D eigenvalue weighted by atomic mass is 10.2. The molecule has 0 heterocycles. The molecule has 1 aromatic rings. The molecule has 1 aromatic carbocycles. The predicted molar refractivity (Wildman–Crippen MR) is 90.3 cm³/mol. The summed E-state index contributed by atoms with van der Waals surface area (Å²) in [5, 5.41) is -0.617. The molecule has 7 nitrogen and oxygen atoms in total. The molecule has 0 saturated heterocycles. The minimum atomic E-state index is -3.62. The van der Waals surface area contributed by atoms with E-state index in [0.717, 1.165) is 5.56 Å². The van der Waals surface area contributed by atoms with Crippen LogP contribution in [0.3, 0.4) is 0 Å². The first-order valence-corrected chi connectivity index (χ1v) is 9.05. The monoisotopic (exact) mass is 359 g/mol. The van der Waals surface area contributed by atoms with Crippen LogP contribution in [0, 0.1) is 0 Å². The van der Waals surface area contributed by atoms with E-state index < -0.39 is 15.4 Å². The fraction of sp³-hybridized carbons (Fsp3) is 0.562. The number of ether oxygens (including phenoxy) is 2. The summed E-state index contributed by atoms with van der Waals surface area (Å²) in [6.45, 7) is 4.35. The average molecular weight is 359 g/mol. The van der Waals surface area contributed by atoms with Crippen LogP contribution >= 0.6 is 0 Å². The largest absolute Gasteiger partial charge is 0.383 e. The van der Waals surface area contributed by atoms with Crippen molar-refractivity contribution in [2.24, 2.45) is 0 Å². The standard InChI is InChI=1S/C16H25NO6S/c1-13(2)24(19,20)23-15-7-5-14(6-8-15)11-17(9-10-21-3)16(18)12-22-4/h5-8,13H,9-12H2,1-4H3. The van der Waals surface area contributed by atoms with Crippen LogP contribution in [0.4, 0.5) is 0 Å². The van der Waals surface area contributed by atoms with E-state index >= 15 is 0 Å². The molecule has 0 aliphatic heterocycles. The number of nitrogens with zero attached hydrogens (tertiary/aromatic N) is 1. The average Bonchev–Trinajstić information content (AvgIpc) is 2.52. The Hall–Kier alpha value is -1.64. The molecule has 0 spiro atoms. The summed E-state index contributed by atoms with van der Waals surface area (Å²) in [5.41, 5.74) is 0.852. The zero-order chi connectivity index (χ0) is 18.2. The van der Waals surface area contributed by atoms with Gasteiger partial charge >= 0.3 is 10.1 Å². The number of carbonyl (C=O) groups excluding carboxylic acids is 1. The molecule has 0 unspecified atom stereocenters. The maximum Gasteiger partial charge on any atom is 0.311 e. The van der Waals surface area contributed by atoms with Crippen molar-refractivity contribution in [2.75, 3.05) is 34.0 Å². The summed E-state index contributed by atoms with van der Waals surface area (Å²) >= 11 is 0. The van der Waals surface area contributed by atoms with Crippen molar-refractivity contribution < 1.29 is 26.9 Å². The Morgan fingerprint density at radius 3 is 2.25 bits per heavy atom. The normalized spacial score (nSPS) is 11.5. The van der Waals surface area contributed by atoms with Crippen molar-refractivity contribution in [3.63, 3.8) is 0 Å². The van der Waals surface area contributed by atoms with Crippen LogP contribution < -0.4 is 4.18 Å². The second kappa shape index (κ2) is 9.61. The van der Waals surface area contributed by atoms with E-state index in [4.69, 9.17) is 13.7 Å². The lowest BCUT2D eigenvalue weighted by molar-refractivity contribution is -0.136. The van der Waals surface area contributed by atoms with Crippen LogP contribution in [0.2, 0.25) is 0 Å². The minimum Gasteiger partial charge on any atom is -0.383 e. The smallest absolute Gasteiger partial charge is 0.311 e. The minimum absolute atomic E-state index is 0.00244. The lowest BCUT2D eigenvalue weighted by Crippen LogP contribution is -2.35. The second-order valence-electron chi connectivity index (χ2n) is 5.51. The number of benzene rings is 1. The fourth-order valence-electron chi connectivity index (χ4n) is 1.81. The van der Waals surface area contributed by atoms with Crippen LogP contribution in [0.15, 0.2) is 24.3 Å². The molecule has 0 N–H and O–H groups in total. The van der Waals surface area contributed by atoms with Gasteiger partial charge in [0.1, 0.15) is 12.4 Å². The van der Waals surface area contributed by atoms with Gasteiger partial charge in [0, 0.05) is 27.3 Å². The Bertz CT molecular complexity index is 612. The van der Waals surface area contributed by atoms with Crippen LogP contribution in [-0.4, -0.2) is 58.5 Å². The van der Waals surface area contributed by atoms with Gasteiger partial charge in [-0.3, -0.25) is 4.79 Å². The van der Waals surface area contributed by atoms with Gasteiger partial charge < -0.3 is 18.6 Å². The molecule has 0 fully saturated rings. The number of rotatable bonds is 10. The number of carbonyl (C=O) groups is 1. The summed E-state index contributed by atoms with van der Waals surface area (Å²) in [6, 6.07) is 6.60. The Labute approximate surface area is 143 Å². The van der Waals surface area contributed by atoms with Gasteiger partial charge in [0.25, 0.3) is 0 Å².